The number of hydrogen-bond donors (Lipinski definition) is 1. The Morgan fingerprint density at radius 1 is 1.19 bits per heavy atom. The summed E-state index contributed by atoms with van der Waals surface area (Å²) in [7, 11) is 0. The van der Waals surface area contributed by atoms with E-state index in [1.54, 1.807) is 0 Å². The summed E-state index contributed by atoms with van der Waals surface area (Å²) in [6.45, 7) is 0.404. The quantitative estimate of drug-likeness (QED) is 0.928. The van der Waals surface area contributed by atoms with E-state index in [9.17, 15) is 18.0 Å². The standard InChI is InChI=1S/C14H14ClF3N2O/c15-9-5-8(14(16,17)18)6-11(7-9)20-4-3-12(13(20)21)19-10-1-2-10/h5-7,10,12,19H,1-4H2. The molecule has 0 spiro atoms. The molecule has 1 saturated carbocycles. The van der Waals surface area contributed by atoms with Gasteiger partial charge in [0.2, 0.25) is 5.91 Å². The van der Waals surface area contributed by atoms with Crippen molar-refractivity contribution in [3.05, 3.63) is 28.8 Å². The Bertz CT molecular complexity index is 572. The predicted molar refractivity (Wildman–Crippen MR) is 73.4 cm³/mol. The lowest BCUT2D eigenvalue weighted by Gasteiger charge is -2.19. The second-order valence-electron chi connectivity index (χ2n) is 5.47. The van der Waals surface area contributed by atoms with E-state index in [1.807, 2.05) is 0 Å². The lowest BCUT2D eigenvalue weighted by atomic mass is 10.2. The third-order valence-electron chi connectivity index (χ3n) is 3.74. The molecule has 2 aliphatic rings. The average molecular weight is 319 g/mol. The minimum absolute atomic E-state index is 0.0220. The van der Waals surface area contributed by atoms with Crippen LogP contribution in [0.15, 0.2) is 18.2 Å². The molecular formula is C14H14ClF3N2O. The van der Waals surface area contributed by atoms with Gasteiger partial charge in [-0.3, -0.25) is 4.79 Å². The molecule has 1 saturated heterocycles. The number of alkyl halides is 3. The van der Waals surface area contributed by atoms with E-state index in [-0.39, 0.29) is 22.7 Å². The largest absolute Gasteiger partial charge is 0.416 e. The predicted octanol–water partition coefficient (Wildman–Crippen LogP) is 3.22. The Morgan fingerprint density at radius 2 is 1.90 bits per heavy atom. The van der Waals surface area contributed by atoms with Crippen LogP contribution in [-0.4, -0.2) is 24.5 Å². The molecule has 1 N–H and O–H groups in total. The number of hydrogen-bond acceptors (Lipinski definition) is 2. The van der Waals surface area contributed by atoms with Gasteiger partial charge >= 0.3 is 6.18 Å². The van der Waals surface area contributed by atoms with Crippen LogP contribution >= 0.6 is 11.6 Å². The van der Waals surface area contributed by atoms with Crippen LogP contribution in [0, 0.1) is 0 Å². The number of nitrogens with one attached hydrogen (secondary N) is 1. The molecule has 0 aromatic heterocycles. The Balaban J connectivity index is 1.83. The van der Waals surface area contributed by atoms with E-state index >= 15 is 0 Å². The molecule has 7 heteroatoms. The zero-order chi connectivity index (χ0) is 15.2. The lowest BCUT2D eigenvalue weighted by molar-refractivity contribution is -0.137. The molecule has 1 unspecified atom stereocenters. The van der Waals surface area contributed by atoms with E-state index in [1.165, 1.54) is 11.0 Å². The first kappa shape index (κ1) is 14.7. The van der Waals surface area contributed by atoms with Crippen LogP contribution in [0.3, 0.4) is 0 Å². The highest BCUT2D eigenvalue weighted by Crippen LogP contribution is 2.35. The summed E-state index contributed by atoms with van der Waals surface area (Å²) in [6.07, 6.45) is -1.77. The Labute approximate surface area is 125 Å². The fourth-order valence-electron chi connectivity index (χ4n) is 2.52. The summed E-state index contributed by atoms with van der Waals surface area (Å²) < 4.78 is 38.4. The van der Waals surface area contributed by atoms with Gasteiger partial charge < -0.3 is 10.2 Å². The molecule has 0 radical (unpaired) electrons. The molecule has 21 heavy (non-hydrogen) atoms. The van der Waals surface area contributed by atoms with Gasteiger partial charge in [-0.05, 0) is 37.5 Å². The van der Waals surface area contributed by atoms with Gasteiger partial charge in [0.05, 0.1) is 11.6 Å². The minimum Gasteiger partial charge on any atom is -0.311 e. The van der Waals surface area contributed by atoms with Crippen molar-refractivity contribution in [3.8, 4) is 0 Å². The average Bonchev–Trinajstić information content (AvgIpc) is 3.12. The van der Waals surface area contributed by atoms with Crippen LogP contribution < -0.4 is 10.2 Å². The Morgan fingerprint density at radius 3 is 2.52 bits per heavy atom. The van der Waals surface area contributed by atoms with E-state index in [4.69, 9.17) is 11.6 Å². The first-order chi connectivity index (χ1) is 9.84. The smallest absolute Gasteiger partial charge is 0.311 e. The molecule has 114 valence electrons. The number of nitrogens with zero attached hydrogens (tertiary/aromatic N) is 1. The third-order valence-corrected chi connectivity index (χ3v) is 3.96. The highest BCUT2D eigenvalue weighted by atomic mass is 35.5. The number of anilines is 1. The van der Waals surface area contributed by atoms with E-state index < -0.39 is 11.7 Å². The SMILES string of the molecule is O=C1C(NC2CC2)CCN1c1cc(Cl)cc(C(F)(F)F)c1. The Hall–Kier alpha value is -1.27. The Kier molecular flexibility index (Phi) is 3.61. The van der Waals surface area contributed by atoms with Gasteiger partial charge in [0.15, 0.2) is 0 Å². The van der Waals surface area contributed by atoms with Gasteiger partial charge in [-0.1, -0.05) is 11.6 Å². The summed E-state index contributed by atoms with van der Waals surface area (Å²) in [5.74, 6) is -0.183. The molecule has 1 aromatic carbocycles. The zero-order valence-corrected chi connectivity index (χ0v) is 11.8. The van der Waals surface area contributed by atoms with Gasteiger partial charge in [0.1, 0.15) is 0 Å². The third kappa shape index (κ3) is 3.16. The summed E-state index contributed by atoms with van der Waals surface area (Å²) in [6, 6.07) is 3.32. The molecule has 2 fully saturated rings. The number of amides is 1. The molecular weight excluding hydrogens is 305 g/mol. The van der Waals surface area contributed by atoms with Crippen molar-refractivity contribution >= 4 is 23.2 Å². The van der Waals surface area contributed by atoms with E-state index in [0.717, 1.165) is 25.0 Å². The van der Waals surface area contributed by atoms with Crippen molar-refractivity contribution in [2.45, 2.75) is 37.5 Å². The maximum absolute atomic E-state index is 12.8. The van der Waals surface area contributed by atoms with Crippen molar-refractivity contribution in [1.82, 2.24) is 5.32 Å². The van der Waals surface area contributed by atoms with Gasteiger partial charge in [-0.2, -0.15) is 13.2 Å². The second kappa shape index (κ2) is 5.18. The molecule has 1 atom stereocenters. The first-order valence-electron chi connectivity index (χ1n) is 6.80. The number of carbonyl (C=O) groups excluding carboxylic acids is 1. The minimum atomic E-state index is -4.48. The summed E-state index contributed by atoms with van der Waals surface area (Å²) in [4.78, 5) is 13.7. The molecule has 3 nitrogen and oxygen atoms in total. The van der Waals surface area contributed by atoms with E-state index in [2.05, 4.69) is 5.32 Å². The number of carbonyl (C=O) groups is 1. The molecule has 1 amide bonds. The molecule has 1 aromatic rings. The zero-order valence-electron chi connectivity index (χ0n) is 11.1. The van der Waals surface area contributed by atoms with Crippen LogP contribution in [0.25, 0.3) is 0 Å². The van der Waals surface area contributed by atoms with Crippen molar-refractivity contribution in [2.75, 3.05) is 11.4 Å². The number of halogens is 4. The highest BCUT2D eigenvalue weighted by molar-refractivity contribution is 6.31. The summed E-state index contributed by atoms with van der Waals surface area (Å²) >= 11 is 5.76. The van der Waals surface area contributed by atoms with Crippen LogP contribution in [-0.2, 0) is 11.0 Å². The highest BCUT2D eigenvalue weighted by Gasteiger charge is 2.37. The second-order valence-corrected chi connectivity index (χ2v) is 5.90. The van der Waals surface area contributed by atoms with Gasteiger partial charge in [0.25, 0.3) is 0 Å². The van der Waals surface area contributed by atoms with Gasteiger partial charge in [0, 0.05) is 23.3 Å². The number of benzene rings is 1. The van der Waals surface area contributed by atoms with Crippen LogP contribution in [0.1, 0.15) is 24.8 Å². The molecule has 1 aliphatic heterocycles. The summed E-state index contributed by atoms with van der Waals surface area (Å²) in [5.41, 5.74) is -0.628. The van der Waals surface area contributed by atoms with Crippen molar-refractivity contribution in [1.29, 1.82) is 0 Å². The van der Waals surface area contributed by atoms with Crippen molar-refractivity contribution in [3.63, 3.8) is 0 Å². The first-order valence-corrected chi connectivity index (χ1v) is 7.17. The molecule has 1 aliphatic carbocycles. The molecule has 0 bridgehead atoms. The summed E-state index contributed by atoms with van der Waals surface area (Å²) in [5, 5.41) is 3.19. The molecule has 3 rings (SSSR count). The fourth-order valence-corrected chi connectivity index (χ4v) is 2.75. The van der Waals surface area contributed by atoms with Crippen LogP contribution in [0.5, 0.6) is 0 Å². The van der Waals surface area contributed by atoms with E-state index in [0.29, 0.717) is 19.0 Å². The van der Waals surface area contributed by atoms with Crippen LogP contribution in [0.2, 0.25) is 5.02 Å². The van der Waals surface area contributed by atoms with Crippen molar-refractivity contribution < 1.29 is 18.0 Å². The van der Waals surface area contributed by atoms with Crippen molar-refractivity contribution in [2.24, 2.45) is 0 Å². The number of rotatable bonds is 3. The normalized spacial score (nSPS) is 23.0. The monoisotopic (exact) mass is 318 g/mol. The fraction of sp³-hybridized carbons (Fsp3) is 0.500. The van der Waals surface area contributed by atoms with Gasteiger partial charge in [-0.15, -0.1) is 0 Å². The topological polar surface area (TPSA) is 32.3 Å². The van der Waals surface area contributed by atoms with Gasteiger partial charge in [-0.25, -0.2) is 0 Å². The molecule has 1 heterocycles. The maximum atomic E-state index is 12.8. The van der Waals surface area contributed by atoms with Crippen LogP contribution in [0.4, 0.5) is 18.9 Å². The lowest BCUT2D eigenvalue weighted by Crippen LogP contribution is -2.39. The maximum Gasteiger partial charge on any atom is 0.416 e.